The van der Waals surface area contributed by atoms with E-state index in [9.17, 15) is 18.0 Å². The quantitative estimate of drug-likeness (QED) is 0.406. The van der Waals surface area contributed by atoms with Gasteiger partial charge in [-0.1, -0.05) is 12.1 Å². The van der Waals surface area contributed by atoms with E-state index in [0.717, 1.165) is 24.8 Å². The van der Waals surface area contributed by atoms with Gasteiger partial charge < -0.3 is 15.0 Å². The maximum atomic E-state index is 13.3. The Labute approximate surface area is 203 Å². The molecule has 12 heteroatoms. The monoisotopic (exact) mass is 497 g/mol. The van der Waals surface area contributed by atoms with Crippen molar-refractivity contribution in [3.05, 3.63) is 77.4 Å². The average Bonchev–Trinajstić information content (AvgIpc) is 3.15. The van der Waals surface area contributed by atoms with Crippen LogP contribution in [0.1, 0.15) is 5.69 Å². The Morgan fingerprint density at radius 3 is 2.53 bits per heavy atom. The normalized spacial score (nSPS) is 14.2. The van der Waals surface area contributed by atoms with Gasteiger partial charge in [-0.3, -0.25) is 4.79 Å². The van der Waals surface area contributed by atoms with Gasteiger partial charge in [0.1, 0.15) is 11.1 Å². The number of halogens is 3. The van der Waals surface area contributed by atoms with E-state index in [1.165, 1.54) is 33.8 Å². The molecular weight excluding hydrogens is 475 g/mol. The maximum Gasteiger partial charge on any atom is 0.433 e. The van der Waals surface area contributed by atoms with Crippen LogP contribution in [0, 0.1) is 0 Å². The summed E-state index contributed by atoms with van der Waals surface area (Å²) < 4.78 is 47.8. The summed E-state index contributed by atoms with van der Waals surface area (Å²) in [6.07, 6.45) is -1.83. The van der Waals surface area contributed by atoms with Gasteiger partial charge in [-0.2, -0.15) is 18.2 Å². The fraction of sp³-hybridized carbons (Fsp3) is 0.250. The molecule has 1 N–H and O–H groups in total. The molecule has 3 aromatic heterocycles. The molecule has 0 atom stereocenters. The van der Waals surface area contributed by atoms with Crippen molar-refractivity contribution in [2.45, 2.75) is 12.7 Å². The number of nitrogens with one attached hydrogen (secondary N) is 1. The van der Waals surface area contributed by atoms with Crippen molar-refractivity contribution in [1.82, 2.24) is 24.3 Å². The second kappa shape index (κ2) is 9.46. The van der Waals surface area contributed by atoms with Crippen molar-refractivity contribution >= 4 is 28.4 Å². The summed E-state index contributed by atoms with van der Waals surface area (Å²) in [5, 5.41) is 3.23. The third kappa shape index (κ3) is 4.54. The zero-order chi connectivity index (χ0) is 25.3. The molecular formula is C24H22F3N7O2. The number of rotatable bonds is 6. The Morgan fingerprint density at radius 2 is 1.83 bits per heavy atom. The maximum absolute atomic E-state index is 13.3. The van der Waals surface area contributed by atoms with Gasteiger partial charge in [-0.25, -0.2) is 19.3 Å². The van der Waals surface area contributed by atoms with E-state index in [1.54, 1.807) is 0 Å². The van der Waals surface area contributed by atoms with E-state index in [1.807, 2.05) is 24.3 Å². The van der Waals surface area contributed by atoms with Crippen LogP contribution in [0.2, 0.25) is 0 Å². The Bertz CT molecular complexity index is 1460. The van der Waals surface area contributed by atoms with Crippen LogP contribution in [0.15, 0.2) is 66.1 Å². The number of anilines is 3. The standard InChI is InChI=1S/C24H22F3N7O2/c1-2-10-33-22(35)18-15-28-23(29-16-6-8-17(9-7-16)32-11-13-36-14-12-32)31-21(18)34(33)20-5-3-4-19(30-20)24(25,26)27/h2-9,15H,1,10-14H2,(H,28,29,31). The molecule has 4 heterocycles. The molecule has 0 saturated carbocycles. The lowest BCUT2D eigenvalue weighted by atomic mass is 10.2. The minimum atomic E-state index is -4.64. The number of allylic oxidation sites excluding steroid dienone is 1. The van der Waals surface area contributed by atoms with Gasteiger partial charge in [0.05, 0.1) is 19.8 Å². The molecule has 1 aliphatic heterocycles. The molecule has 1 aromatic carbocycles. The number of ether oxygens (including phenoxy) is 1. The molecule has 1 saturated heterocycles. The SMILES string of the molecule is C=CCn1c(=O)c2cnc(Nc3ccc(N4CCOCC4)cc3)nc2n1-c1cccc(C(F)(F)F)n1. The smallest absolute Gasteiger partial charge is 0.378 e. The lowest BCUT2D eigenvalue weighted by Gasteiger charge is -2.28. The van der Waals surface area contributed by atoms with Crippen LogP contribution in [0.25, 0.3) is 16.9 Å². The Kier molecular flexibility index (Phi) is 6.18. The number of hydrogen-bond donors (Lipinski definition) is 1. The molecule has 0 spiro atoms. The highest BCUT2D eigenvalue weighted by molar-refractivity contribution is 5.77. The van der Waals surface area contributed by atoms with Gasteiger partial charge in [0, 0.05) is 30.7 Å². The van der Waals surface area contributed by atoms with Crippen molar-refractivity contribution in [2.24, 2.45) is 0 Å². The molecule has 9 nitrogen and oxygen atoms in total. The molecule has 36 heavy (non-hydrogen) atoms. The zero-order valence-corrected chi connectivity index (χ0v) is 19.1. The predicted octanol–water partition coefficient (Wildman–Crippen LogP) is 3.76. The van der Waals surface area contributed by atoms with E-state index in [-0.39, 0.29) is 29.3 Å². The van der Waals surface area contributed by atoms with Crippen LogP contribution in [0.3, 0.4) is 0 Å². The highest BCUT2D eigenvalue weighted by atomic mass is 19.4. The predicted molar refractivity (Wildman–Crippen MR) is 129 cm³/mol. The first-order valence-corrected chi connectivity index (χ1v) is 11.2. The van der Waals surface area contributed by atoms with Crippen LogP contribution in [-0.2, 0) is 17.5 Å². The average molecular weight is 497 g/mol. The summed E-state index contributed by atoms with van der Waals surface area (Å²) in [5.41, 5.74) is 0.350. The van der Waals surface area contributed by atoms with E-state index >= 15 is 0 Å². The van der Waals surface area contributed by atoms with Crippen LogP contribution < -0.4 is 15.8 Å². The minimum Gasteiger partial charge on any atom is -0.378 e. The number of benzene rings is 1. The number of hydrogen-bond acceptors (Lipinski definition) is 7. The number of nitrogens with zero attached hydrogens (tertiary/aromatic N) is 6. The van der Waals surface area contributed by atoms with E-state index in [0.29, 0.717) is 18.9 Å². The first-order valence-electron chi connectivity index (χ1n) is 11.2. The highest BCUT2D eigenvalue weighted by Gasteiger charge is 2.33. The van der Waals surface area contributed by atoms with E-state index < -0.39 is 17.4 Å². The number of fused-ring (bicyclic) bond motifs is 1. The molecule has 186 valence electrons. The number of alkyl halides is 3. The molecule has 5 rings (SSSR count). The van der Waals surface area contributed by atoms with Gasteiger partial charge in [0.25, 0.3) is 5.56 Å². The summed E-state index contributed by atoms with van der Waals surface area (Å²) in [7, 11) is 0. The Morgan fingerprint density at radius 1 is 1.08 bits per heavy atom. The number of aromatic nitrogens is 5. The molecule has 0 bridgehead atoms. The number of morpholine rings is 1. The summed E-state index contributed by atoms with van der Waals surface area (Å²) in [5.74, 6) is 0.0800. The Balaban J connectivity index is 1.53. The summed E-state index contributed by atoms with van der Waals surface area (Å²) in [4.78, 5) is 27.6. The minimum absolute atomic E-state index is 0.0406. The van der Waals surface area contributed by atoms with Crippen LogP contribution in [-0.4, -0.2) is 50.6 Å². The highest BCUT2D eigenvalue weighted by Crippen LogP contribution is 2.28. The lowest BCUT2D eigenvalue weighted by Crippen LogP contribution is -2.36. The first-order chi connectivity index (χ1) is 17.3. The van der Waals surface area contributed by atoms with Crippen molar-refractivity contribution in [1.29, 1.82) is 0 Å². The molecule has 0 unspecified atom stereocenters. The summed E-state index contributed by atoms with van der Waals surface area (Å²) in [6.45, 7) is 6.68. The van der Waals surface area contributed by atoms with Crippen molar-refractivity contribution < 1.29 is 17.9 Å². The summed E-state index contributed by atoms with van der Waals surface area (Å²) >= 11 is 0. The topological polar surface area (TPSA) is 90.1 Å². The molecule has 1 aliphatic rings. The zero-order valence-electron chi connectivity index (χ0n) is 19.1. The fourth-order valence-electron chi connectivity index (χ4n) is 4.01. The molecule has 4 aromatic rings. The van der Waals surface area contributed by atoms with Gasteiger partial charge in [-0.05, 0) is 36.4 Å². The Hall–Kier alpha value is -4.19. The molecule has 0 radical (unpaired) electrons. The van der Waals surface area contributed by atoms with Gasteiger partial charge >= 0.3 is 6.18 Å². The summed E-state index contributed by atoms with van der Waals surface area (Å²) in [6, 6.07) is 11.2. The fourth-order valence-corrected chi connectivity index (χ4v) is 4.01. The third-order valence-electron chi connectivity index (χ3n) is 5.72. The van der Waals surface area contributed by atoms with Gasteiger partial charge in [0.2, 0.25) is 5.95 Å². The van der Waals surface area contributed by atoms with Crippen LogP contribution in [0.5, 0.6) is 0 Å². The van der Waals surface area contributed by atoms with Crippen molar-refractivity contribution in [3.8, 4) is 5.82 Å². The van der Waals surface area contributed by atoms with E-state index in [2.05, 4.69) is 31.7 Å². The first kappa shape index (κ1) is 23.5. The second-order valence-electron chi connectivity index (χ2n) is 8.07. The third-order valence-corrected chi connectivity index (χ3v) is 5.72. The van der Waals surface area contributed by atoms with Crippen molar-refractivity contribution in [2.75, 3.05) is 36.5 Å². The van der Waals surface area contributed by atoms with Crippen LogP contribution >= 0.6 is 0 Å². The number of pyridine rings is 1. The van der Waals surface area contributed by atoms with Crippen LogP contribution in [0.4, 0.5) is 30.5 Å². The lowest BCUT2D eigenvalue weighted by molar-refractivity contribution is -0.141. The largest absolute Gasteiger partial charge is 0.433 e. The second-order valence-corrected chi connectivity index (χ2v) is 8.07. The van der Waals surface area contributed by atoms with Crippen molar-refractivity contribution in [3.63, 3.8) is 0 Å². The van der Waals surface area contributed by atoms with Gasteiger partial charge in [0.15, 0.2) is 11.5 Å². The molecule has 0 aliphatic carbocycles. The molecule has 1 fully saturated rings. The molecule has 0 amide bonds. The van der Waals surface area contributed by atoms with E-state index in [4.69, 9.17) is 4.74 Å². The van der Waals surface area contributed by atoms with Gasteiger partial charge in [-0.15, -0.1) is 6.58 Å².